The highest BCUT2D eigenvalue weighted by Crippen LogP contribution is 2.48. The maximum absolute atomic E-state index is 2.65. The van der Waals surface area contributed by atoms with Crippen molar-refractivity contribution < 1.29 is 0 Å². The van der Waals surface area contributed by atoms with E-state index in [1.165, 1.54) is 100 Å². The van der Waals surface area contributed by atoms with Crippen LogP contribution in [-0.2, 0) is 0 Å². The Morgan fingerprint density at radius 1 is 0.735 bits per heavy atom. The van der Waals surface area contributed by atoms with Crippen LogP contribution >= 0.6 is 0 Å². The number of nitrogens with zero attached hydrogens (tertiary/aromatic N) is 3. The predicted octanol–water partition coefficient (Wildman–Crippen LogP) is 7.71. The topological polar surface area (TPSA) is 9.72 Å². The molecule has 1 aromatic carbocycles. The standard InChI is InChI=1S/C31H49N3/c1-6-10-21-33(22-11-7-2)27-16-14-15-26(17-18-27)32(5)31-29-20-19-28(25-30(29)31)34(23-12-8-3)24-13-9-4/h14-20,25,27,31H,6-13,21-24H2,1-5H3. The van der Waals surface area contributed by atoms with Gasteiger partial charge in [-0.15, -0.1) is 0 Å². The molecule has 3 rings (SSSR count). The van der Waals surface area contributed by atoms with Crippen LogP contribution in [0.15, 0.2) is 54.3 Å². The molecule has 34 heavy (non-hydrogen) atoms. The van der Waals surface area contributed by atoms with Crippen LogP contribution < -0.4 is 4.90 Å². The van der Waals surface area contributed by atoms with Gasteiger partial charge in [-0.25, -0.2) is 0 Å². The van der Waals surface area contributed by atoms with Crippen LogP contribution in [0.3, 0.4) is 0 Å². The maximum Gasteiger partial charge on any atom is 0.0800 e. The van der Waals surface area contributed by atoms with Gasteiger partial charge in [0.15, 0.2) is 0 Å². The zero-order valence-corrected chi connectivity index (χ0v) is 22.6. The van der Waals surface area contributed by atoms with E-state index in [1.807, 2.05) is 0 Å². The Kier molecular flexibility index (Phi) is 10.8. The van der Waals surface area contributed by atoms with E-state index in [0.717, 1.165) is 0 Å². The molecule has 0 fully saturated rings. The van der Waals surface area contributed by atoms with Gasteiger partial charge in [-0.1, -0.05) is 77.7 Å². The van der Waals surface area contributed by atoms with Crippen molar-refractivity contribution in [2.45, 2.75) is 91.1 Å². The minimum Gasteiger partial charge on any atom is -0.372 e. The van der Waals surface area contributed by atoms with Gasteiger partial charge >= 0.3 is 0 Å². The van der Waals surface area contributed by atoms with Gasteiger partial charge in [-0.3, -0.25) is 4.90 Å². The molecule has 2 unspecified atom stereocenters. The molecule has 0 saturated carbocycles. The second kappa shape index (κ2) is 13.8. The molecular formula is C31H49N3. The monoisotopic (exact) mass is 463 g/mol. The van der Waals surface area contributed by atoms with E-state index >= 15 is 0 Å². The van der Waals surface area contributed by atoms with Gasteiger partial charge in [0.1, 0.15) is 0 Å². The zero-order chi connectivity index (χ0) is 24.3. The number of allylic oxidation sites excluding steroid dienone is 3. The van der Waals surface area contributed by atoms with Crippen molar-refractivity contribution in [1.82, 2.24) is 9.80 Å². The van der Waals surface area contributed by atoms with E-state index in [0.29, 0.717) is 12.1 Å². The van der Waals surface area contributed by atoms with Crippen molar-refractivity contribution in [1.29, 1.82) is 0 Å². The van der Waals surface area contributed by atoms with Crippen LogP contribution in [0.1, 0.15) is 96.2 Å². The van der Waals surface area contributed by atoms with Crippen LogP contribution in [0.4, 0.5) is 5.69 Å². The van der Waals surface area contributed by atoms with Crippen molar-refractivity contribution in [3.63, 3.8) is 0 Å². The molecule has 0 saturated heterocycles. The summed E-state index contributed by atoms with van der Waals surface area (Å²) in [7, 11) is 2.26. The van der Waals surface area contributed by atoms with E-state index in [1.54, 1.807) is 0 Å². The SMILES string of the molecule is CCCCN(CCCC)c1ccc2c(c1)C2N(C)C1=CC=CC(N(CCCC)CCCC)C=C1. The zero-order valence-electron chi connectivity index (χ0n) is 22.6. The summed E-state index contributed by atoms with van der Waals surface area (Å²) in [5.74, 6) is 0. The van der Waals surface area contributed by atoms with E-state index < -0.39 is 0 Å². The average molecular weight is 464 g/mol. The summed E-state index contributed by atoms with van der Waals surface area (Å²) in [6, 6.07) is 8.00. The van der Waals surface area contributed by atoms with Gasteiger partial charge in [0.05, 0.1) is 6.04 Å². The quantitative estimate of drug-likeness (QED) is 0.248. The molecule has 0 N–H and O–H groups in total. The van der Waals surface area contributed by atoms with E-state index in [-0.39, 0.29) is 0 Å². The van der Waals surface area contributed by atoms with Gasteiger partial charge in [-0.2, -0.15) is 0 Å². The first-order valence-corrected chi connectivity index (χ1v) is 14.1. The molecule has 2 atom stereocenters. The molecule has 0 aromatic heterocycles. The number of hydrogen-bond acceptors (Lipinski definition) is 3. The average Bonchev–Trinajstić information content (AvgIpc) is 3.62. The smallest absolute Gasteiger partial charge is 0.0800 e. The third-order valence-electron chi connectivity index (χ3n) is 7.36. The number of fused-ring (bicyclic) bond motifs is 1. The first-order chi connectivity index (χ1) is 16.6. The molecule has 188 valence electrons. The normalized spacial score (nSPS) is 18.6. The molecule has 3 nitrogen and oxygen atoms in total. The molecule has 0 heterocycles. The molecule has 2 aliphatic carbocycles. The Labute approximate surface area is 210 Å². The first-order valence-electron chi connectivity index (χ1n) is 14.1. The van der Waals surface area contributed by atoms with Gasteiger partial charge in [0.25, 0.3) is 0 Å². The Bertz CT molecular complexity index is 821. The minimum atomic E-state index is 0.402. The van der Waals surface area contributed by atoms with Crippen LogP contribution in [0.5, 0.6) is 0 Å². The summed E-state index contributed by atoms with van der Waals surface area (Å²) < 4.78 is 0. The van der Waals surface area contributed by atoms with Crippen molar-refractivity contribution in [3.8, 4) is 0 Å². The van der Waals surface area contributed by atoms with Crippen molar-refractivity contribution in [2.75, 3.05) is 38.1 Å². The molecule has 0 radical (unpaired) electrons. The molecular weight excluding hydrogens is 414 g/mol. The fourth-order valence-corrected chi connectivity index (χ4v) is 5.00. The number of benzene rings is 1. The van der Waals surface area contributed by atoms with Crippen LogP contribution in [0, 0.1) is 0 Å². The maximum atomic E-state index is 2.65. The van der Waals surface area contributed by atoms with Gasteiger partial charge in [0.2, 0.25) is 0 Å². The highest BCUT2D eigenvalue weighted by molar-refractivity contribution is 5.62. The summed E-state index contributed by atoms with van der Waals surface area (Å²) >= 11 is 0. The molecule has 0 spiro atoms. The minimum absolute atomic E-state index is 0.402. The molecule has 3 heteroatoms. The summed E-state index contributed by atoms with van der Waals surface area (Å²) in [5, 5.41) is 0. The number of rotatable bonds is 16. The van der Waals surface area contributed by atoms with Gasteiger partial charge in [0, 0.05) is 37.6 Å². The summed E-state index contributed by atoms with van der Waals surface area (Å²) in [5.41, 5.74) is 5.71. The Morgan fingerprint density at radius 2 is 1.35 bits per heavy atom. The van der Waals surface area contributed by atoms with E-state index in [2.05, 4.69) is 98.0 Å². The molecule has 2 aliphatic rings. The largest absolute Gasteiger partial charge is 0.372 e. The summed E-state index contributed by atoms with van der Waals surface area (Å²) in [4.78, 5) is 7.71. The molecule has 1 aromatic rings. The van der Waals surface area contributed by atoms with Gasteiger partial charge < -0.3 is 9.80 Å². The fourth-order valence-electron chi connectivity index (χ4n) is 5.00. The summed E-state index contributed by atoms with van der Waals surface area (Å²) in [6.07, 6.45) is 21.8. The highest BCUT2D eigenvalue weighted by atomic mass is 15.2. The third kappa shape index (κ3) is 7.01. The van der Waals surface area contributed by atoms with Gasteiger partial charge in [-0.05, 0) is 74.2 Å². The second-order valence-electron chi connectivity index (χ2n) is 10.1. The molecule has 0 aliphatic heterocycles. The molecule has 0 amide bonds. The molecule has 0 bridgehead atoms. The summed E-state index contributed by atoms with van der Waals surface area (Å²) in [6.45, 7) is 13.9. The van der Waals surface area contributed by atoms with Crippen molar-refractivity contribution >= 4 is 5.69 Å². The fraction of sp³-hybridized carbons (Fsp3) is 0.613. The third-order valence-corrected chi connectivity index (χ3v) is 7.36. The highest BCUT2D eigenvalue weighted by Gasteiger charge is 2.37. The lowest BCUT2D eigenvalue weighted by Gasteiger charge is -2.27. The van der Waals surface area contributed by atoms with Crippen molar-refractivity contribution in [2.24, 2.45) is 0 Å². The number of anilines is 1. The number of unbranched alkanes of at least 4 members (excludes halogenated alkanes) is 4. The predicted molar refractivity (Wildman–Crippen MR) is 150 cm³/mol. The van der Waals surface area contributed by atoms with Crippen molar-refractivity contribution in [3.05, 3.63) is 65.4 Å². The Morgan fingerprint density at radius 3 is 1.97 bits per heavy atom. The first kappa shape index (κ1) is 26.6. The number of likely N-dealkylation sites (N-methyl/N-ethyl adjacent to an activating group) is 1. The lowest BCUT2D eigenvalue weighted by molar-refractivity contribution is 0.251. The van der Waals surface area contributed by atoms with Crippen LogP contribution in [-0.4, -0.2) is 49.1 Å². The van der Waals surface area contributed by atoms with E-state index in [9.17, 15) is 0 Å². The van der Waals surface area contributed by atoms with Crippen LogP contribution in [0.25, 0.3) is 0 Å². The Balaban J connectivity index is 1.66. The lowest BCUT2D eigenvalue weighted by Crippen LogP contribution is -2.34. The second-order valence-corrected chi connectivity index (χ2v) is 10.1. The van der Waals surface area contributed by atoms with Crippen LogP contribution in [0.2, 0.25) is 0 Å². The lowest BCUT2D eigenvalue weighted by atomic mass is 10.1. The van der Waals surface area contributed by atoms with E-state index in [4.69, 9.17) is 0 Å². The number of hydrogen-bond donors (Lipinski definition) is 0. The Hall–Kier alpha value is -2.00.